The predicted molar refractivity (Wildman–Crippen MR) is 47.8 cm³/mol. The molecule has 0 aliphatic carbocycles. The number of hydrogen-bond acceptors (Lipinski definition) is 2. The van der Waals surface area contributed by atoms with Gasteiger partial charge in [-0.2, -0.15) is 13.2 Å². The molecule has 0 spiro atoms. The van der Waals surface area contributed by atoms with Crippen molar-refractivity contribution in [1.29, 1.82) is 0 Å². The molecule has 0 atom stereocenters. The van der Waals surface area contributed by atoms with Crippen LogP contribution in [0, 0.1) is 0 Å². The molecule has 0 saturated heterocycles. The largest absolute Gasteiger partial charge is 0.418 e. The van der Waals surface area contributed by atoms with E-state index in [1.165, 1.54) is 0 Å². The standard InChI is InChI=1S/C8H5BrF5NO/c9-5-3(2-16)6(7(10)11)15-1-4(5)8(12,13)14/h1,7,16H,2H2. The van der Waals surface area contributed by atoms with Crippen LogP contribution in [0.15, 0.2) is 10.7 Å². The average molecular weight is 306 g/mol. The van der Waals surface area contributed by atoms with Crippen molar-refractivity contribution in [2.75, 3.05) is 0 Å². The van der Waals surface area contributed by atoms with Crippen LogP contribution in [0.3, 0.4) is 0 Å². The number of halogens is 6. The molecule has 0 aromatic carbocycles. The van der Waals surface area contributed by atoms with Crippen LogP contribution in [0.4, 0.5) is 22.0 Å². The minimum Gasteiger partial charge on any atom is -0.392 e. The summed E-state index contributed by atoms with van der Waals surface area (Å²) in [4.78, 5) is 3.02. The monoisotopic (exact) mass is 305 g/mol. The third-order valence-electron chi connectivity index (χ3n) is 1.81. The van der Waals surface area contributed by atoms with Crippen molar-refractivity contribution in [3.05, 3.63) is 27.5 Å². The van der Waals surface area contributed by atoms with E-state index in [2.05, 4.69) is 20.9 Å². The van der Waals surface area contributed by atoms with Gasteiger partial charge < -0.3 is 5.11 Å². The Labute approximate surface area is 95.2 Å². The van der Waals surface area contributed by atoms with E-state index in [4.69, 9.17) is 5.11 Å². The molecule has 1 heterocycles. The van der Waals surface area contributed by atoms with Crippen LogP contribution in [-0.4, -0.2) is 10.1 Å². The van der Waals surface area contributed by atoms with E-state index in [1.54, 1.807) is 0 Å². The molecular formula is C8H5BrF5NO. The molecule has 0 aliphatic rings. The van der Waals surface area contributed by atoms with Crippen molar-refractivity contribution in [3.63, 3.8) is 0 Å². The summed E-state index contributed by atoms with van der Waals surface area (Å²) in [5.74, 6) is 0. The van der Waals surface area contributed by atoms with Crippen LogP contribution < -0.4 is 0 Å². The maximum absolute atomic E-state index is 12.4. The summed E-state index contributed by atoms with van der Waals surface area (Å²) in [6.45, 7) is -0.947. The highest BCUT2D eigenvalue weighted by Crippen LogP contribution is 2.38. The van der Waals surface area contributed by atoms with Gasteiger partial charge in [0.2, 0.25) is 0 Å². The van der Waals surface area contributed by atoms with Gasteiger partial charge in [0.05, 0.1) is 12.2 Å². The number of rotatable bonds is 2. The zero-order chi connectivity index (χ0) is 12.5. The second-order valence-electron chi connectivity index (χ2n) is 2.81. The normalized spacial score (nSPS) is 12.2. The fourth-order valence-electron chi connectivity index (χ4n) is 1.08. The van der Waals surface area contributed by atoms with E-state index in [0.717, 1.165) is 0 Å². The molecule has 16 heavy (non-hydrogen) atoms. The van der Waals surface area contributed by atoms with Gasteiger partial charge in [-0.1, -0.05) is 0 Å². The first-order valence-electron chi connectivity index (χ1n) is 3.92. The van der Waals surface area contributed by atoms with Crippen LogP contribution in [-0.2, 0) is 12.8 Å². The summed E-state index contributed by atoms with van der Waals surface area (Å²) in [6.07, 6.45) is -7.44. The quantitative estimate of drug-likeness (QED) is 0.851. The first-order valence-corrected chi connectivity index (χ1v) is 4.71. The van der Waals surface area contributed by atoms with Gasteiger partial charge in [0.1, 0.15) is 5.69 Å². The van der Waals surface area contributed by atoms with Crippen LogP contribution in [0.5, 0.6) is 0 Å². The van der Waals surface area contributed by atoms with Gasteiger partial charge in [-0.3, -0.25) is 4.98 Å². The van der Waals surface area contributed by atoms with E-state index < -0.39 is 40.5 Å². The molecular weight excluding hydrogens is 301 g/mol. The van der Waals surface area contributed by atoms with Gasteiger partial charge in [-0.15, -0.1) is 0 Å². The van der Waals surface area contributed by atoms with E-state index in [0.29, 0.717) is 6.20 Å². The lowest BCUT2D eigenvalue weighted by Gasteiger charge is -2.14. The van der Waals surface area contributed by atoms with Gasteiger partial charge in [0, 0.05) is 16.2 Å². The summed E-state index contributed by atoms with van der Waals surface area (Å²) in [5.41, 5.74) is -2.60. The summed E-state index contributed by atoms with van der Waals surface area (Å²) in [5, 5.41) is 8.77. The molecule has 0 unspecified atom stereocenters. The van der Waals surface area contributed by atoms with Crippen molar-refractivity contribution in [1.82, 2.24) is 4.98 Å². The van der Waals surface area contributed by atoms with Crippen LogP contribution in [0.2, 0.25) is 0 Å². The summed E-state index contributed by atoms with van der Waals surface area (Å²) >= 11 is 2.54. The van der Waals surface area contributed by atoms with Crippen molar-refractivity contribution in [2.24, 2.45) is 0 Å². The van der Waals surface area contributed by atoms with Crippen LogP contribution >= 0.6 is 15.9 Å². The van der Waals surface area contributed by atoms with Crippen molar-refractivity contribution < 1.29 is 27.1 Å². The lowest BCUT2D eigenvalue weighted by atomic mass is 10.1. The Balaban J connectivity index is 3.41. The Morgan fingerprint density at radius 2 is 1.94 bits per heavy atom. The van der Waals surface area contributed by atoms with Crippen LogP contribution in [0.1, 0.15) is 23.2 Å². The van der Waals surface area contributed by atoms with Crippen LogP contribution in [0.25, 0.3) is 0 Å². The summed E-state index contributed by atoms with van der Waals surface area (Å²) in [7, 11) is 0. The Morgan fingerprint density at radius 3 is 2.31 bits per heavy atom. The fraction of sp³-hybridized carbons (Fsp3) is 0.375. The number of pyridine rings is 1. The van der Waals surface area contributed by atoms with E-state index in [9.17, 15) is 22.0 Å². The second-order valence-corrected chi connectivity index (χ2v) is 3.60. The van der Waals surface area contributed by atoms with Gasteiger partial charge >= 0.3 is 6.18 Å². The summed E-state index contributed by atoms with van der Waals surface area (Å²) < 4.78 is 61.2. The average Bonchev–Trinajstić information content (AvgIpc) is 2.14. The highest BCUT2D eigenvalue weighted by Gasteiger charge is 2.35. The van der Waals surface area contributed by atoms with E-state index in [-0.39, 0.29) is 0 Å². The maximum Gasteiger partial charge on any atom is 0.418 e. The van der Waals surface area contributed by atoms with Gasteiger partial charge in [-0.05, 0) is 15.9 Å². The molecule has 0 fully saturated rings. The lowest BCUT2D eigenvalue weighted by molar-refractivity contribution is -0.138. The number of aromatic nitrogens is 1. The molecule has 2 nitrogen and oxygen atoms in total. The summed E-state index contributed by atoms with van der Waals surface area (Å²) in [6, 6.07) is 0. The molecule has 0 bridgehead atoms. The van der Waals surface area contributed by atoms with Gasteiger partial charge in [0.25, 0.3) is 6.43 Å². The Hall–Kier alpha value is -0.760. The molecule has 8 heteroatoms. The van der Waals surface area contributed by atoms with Crippen molar-refractivity contribution >= 4 is 15.9 Å². The fourth-order valence-corrected chi connectivity index (χ4v) is 1.74. The number of alkyl halides is 5. The first-order chi connectivity index (χ1) is 7.29. The van der Waals surface area contributed by atoms with Crippen molar-refractivity contribution in [3.8, 4) is 0 Å². The Kier molecular flexibility index (Phi) is 3.84. The lowest BCUT2D eigenvalue weighted by Crippen LogP contribution is -2.11. The Bertz CT molecular complexity index is 393. The minimum absolute atomic E-state index is 0.310. The molecule has 0 amide bonds. The number of nitrogens with zero attached hydrogens (tertiary/aromatic N) is 1. The molecule has 0 aliphatic heterocycles. The second kappa shape index (κ2) is 4.62. The molecule has 1 rings (SSSR count). The third kappa shape index (κ3) is 2.49. The number of aliphatic hydroxyl groups is 1. The predicted octanol–water partition coefficient (Wildman–Crippen LogP) is 3.29. The molecule has 90 valence electrons. The molecule has 1 aromatic rings. The molecule has 1 aromatic heterocycles. The Morgan fingerprint density at radius 1 is 1.38 bits per heavy atom. The zero-order valence-electron chi connectivity index (χ0n) is 7.52. The topological polar surface area (TPSA) is 33.1 Å². The molecule has 0 saturated carbocycles. The van der Waals surface area contributed by atoms with Gasteiger partial charge in [0.15, 0.2) is 0 Å². The highest BCUT2D eigenvalue weighted by atomic mass is 79.9. The van der Waals surface area contributed by atoms with Crippen molar-refractivity contribution in [2.45, 2.75) is 19.2 Å². The first kappa shape index (κ1) is 13.3. The highest BCUT2D eigenvalue weighted by molar-refractivity contribution is 9.10. The smallest absolute Gasteiger partial charge is 0.392 e. The van der Waals surface area contributed by atoms with Gasteiger partial charge in [-0.25, -0.2) is 8.78 Å². The van der Waals surface area contributed by atoms with E-state index in [1.807, 2.05) is 0 Å². The molecule has 0 radical (unpaired) electrons. The molecule has 1 N–H and O–H groups in total. The third-order valence-corrected chi connectivity index (χ3v) is 2.72. The number of aliphatic hydroxyl groups excluding tert-OH is 1. The SMILES string of the molecule is OCc1c(C(F)F)ncc(C(F)(F)F)c1Br. The minimum atomic E-state index is -4.71. The number of hydrogen-bond donors (Lipinski definition) is 1. The maximum atomic E-state index is 12.4. The zero-order valence-corrected chi connectivity index (χ0v) is 9.11. The van der Waals surface area contributed by atoms with E-state index >= 15 is 0 Å².